The van der Waals surface area contributed by atoms with Crippen LogP contribution in [0, 0.1) is 11.7 Å². The Morgan fingerprint density at radius 3 is 2.80 bits per heavy atom. The van der Waals surface area contributed by atoms with Crippen molar-refractivity contribution >= 4 is 15.9 Å². The Balaban J connectivity index is 1.94. The zero-order valence-corrected chi connectivity index (χ0v) is 13.9. The number of hydrogen-bond acceptors (Lipinski definition) is 1. The number of benzene rings is 1. The number of rotatable bonds is 7. The molecule has 2 rings (SSSR count). The van der Waals surface area contributed by atoms with Crippen molar-refractivity contribution in [3.63, 3.8) is 0 Å². The molecule has 1 aliphatic carbocycles. The lowest BCUT2D eigenvalue weighted by Crippen LogP contribution is -2.36. The summed E-state index contributed by atoms with van der Waals surface area (Å²) in [6.07, 6.45) is 8.67. The van der Waals surface area contributed by atoms with Crippen molar-refractivity contribution in [2.45, 2.75) is 57.9 Å². The maximum Gasteiger partial charge on any atom is 0.123 e. The Morgan fingerprint density at radius 1 is 1.35 bits per heavy atom. The molecule has 0 spiro atoms. The fourth-order valence-electron chi connectivity index (χ4n) is 3.24. The average Bonchev–Trinajstić information content (AvgIpc) is 2.96. The number of halogens is 2. The Morgan fingerprint density at radius 2 is 2.10 bits per heavy atom. The molecule has 1 aliphatic rings. The Labute approximate surface area is 130 Å². The summed E-state index contributed by atoms with van der Waals surface area (Å²) in [6.45, 7) is 3.30. The van der Waals surface area contributed by atoms with Gasteiger partial charge in [0, 0.05) is 10.5 Å². The first-order valence-electron chi connectivity index (χ1n) is 7.88. The summed E-state index contributed by atoms with van der Waals surface area (Å²) in [5.74, 6) is 0.677. The van der Waals surface area contributed by atoms with E-state index in [9.17, 15) is 4.39 Å². The lowest BCUT2D eigenvalue weighted by molar-refractivity contribution is 0.340. The van der Waals surface area contributed by atoms with E-state index in [4.69, 9.17) is 0 Å². The topological polar surface area (TPSA) is 12.0 Å². The minimum Gasteiger partial charge on any atom is -0.314 e. The minimum atomic E-state index is -0.137. The van der Waals surface area contributed by atoms with Crippen molar-refractivity contribution in [2.75, 3.05) is 6.54 Å². The van der Waals surface area contributed by atoms with Crippen molar-refractivity contribution in [1.29, 1.82) is 0 Å². The number of aryl methyl sites for hydroxylation is 1. The summed E-state index contributed by atoms with van der Waals surface area (Å²) < 4.78 is 14.4. The maximum absolute atomic E-state index is 13.3. The largest absolute Gasteiger partial charge is 0.314 e. The van der Waals surface area contributed by atoms with Gasteiger partial charge in [-0.3, -0.25) is 0 Å². The highest BCUT2D eigenvalue weighted by Gasteiger charge is 2.24. The summed E-state index contributed by atoms with van der Waals surface area (Å²) in [6, 6.07) is 5.58. The first-order valence-corrected chi connectivity index (χ1v) is 8.67. The van der Waals surface area contributed by atoms with Gasteiger partial charge in [-0.15, -0.1) is 0 Å². The zero-order valence-electron chi connectivity index (χ0n) is 12.3. The molecule has 1 unspecified atom stereocenters. The fraction of sp³-hybridized carbons (Fsp3) is 0.647. The van der Waals surface area contributed by atoms with Crippen LogP contribution in [-0.4, -0.2) is 12.6 Å². The fourth-order valence-corrected chi connectivity index (χ4v) is 3.68. The second-order valence-electron chi connectivity index (χ2n) is 5.88. The van der Waals surface area contributed by atoms with E-state index >= 15 is 0 Å². The van der Waals surface area contributed by atoms with Gasteiger partial charge in [0.05, 0.1) is 0 Å². The van der Waals surface area contributed by atoms with Gasteiger partial charge in [0.25, 0.3) is 0 Å². The number of nitrogens with one attached hydrogen (secondary N) is 1. The summed E-state index contributed by atoms with van der Waals surface area (Å²) >= 11 is 3.53. The van der Waals surface area contributed by atoms with Crippen LogP contribution in [0.1, 0.15) is 51.0 Å². The SMILES string of the molecule is CCCNC(CCc1cc(F)ccc1Br)C1CCCC1. The molecule has 0 radical (unpaired) electrons. The molecule has 0 amide bonds. The molecular formula is C17H25BrFN. The molecule has 20 heavy (non-hydrogen) atoms. The van der Waals surface area contributed by atoms with Gasteiger partial charge in [0.2, 0.25) is 0 Å². The zero-order chi connectivity index (χ0) is 14.4. The lowest BCUT2D eigenvalue weighted by atomic mass is 9.92. The Kier molecular flexibility index (Phi) is 6.50. The summed E-state index contributed by atoms with van der Waals surface area (Å²) in [7, 11) is 0. The van der Waals surface area contributed by atoms with Crippen molar-refractivity contribution in [3.8, 4) is 0 Å². The van der Waals surface area contributed by atoms with Gasteiger partial charge in [-0.2, -0.15) is 0 Å². The van der Waals surface area contributed by atoms with Gasteiger partial charge in [-0.25, -0.2) is 4.39 Å². The summed E-state index contributed by atoms with van der Waals surface area (Å²) in [5, 5.41) is 3.71. The van der Waals surface area contributed by atoms with Crippen molar-refractivity contribution in [1.82, 2.24) is 5.32 Å². The van der Waals surface area contributed by atoms with Crippen molar-refractivity contribution in [3.05, 3.63) is 34.1 Å². The molecule has 0 bridgehead atoms. The Hall–Kier alpha value is -0.410. The molecule has 0 aromatic heterocycles. The summed E-state index contributed by atoms with van der Waals surface area (Å²) in [5.41, 5.74) is 1.09. The second kappa shape index (κ2) is 8.14. The van der Waals surface area contributed by atoms with E-state index in [2.05, 4.69) is 28.2 Å². The van der Waals surface area contributed by atoms with Crippen LogP contribution in [0.25, 0.3) is 0 Å². The van der Waals surface area contributed by atoms with Crippen molar-refractivity contribution < 1.29 is 4.39 Å². The predicted octanol–water partition coefficient (Wildman–Crippen LogP) is 5.08. The van der Waals surface area contributed by atoms with E-state index in [1.165, 1.54) is 38.2 Å². The third-order valence-electron chi connectivity index (χ3n) is 4.36. The molecule has 1 saturated carbocycles. The molecule has 112 valence electrons. The second-order valence-corrected chi connectivity index (χ2v) is 6.73. The molecule has 0 heterocycles. The molecule has 1 aromatic rings. The lowest BCUT2D eigenvalue weighted by Gasteiger charge is -2.25. The predicted molar refractivity (Wildman–Crippen MR) is 86.5 cm³/mol. The molecule has 0 aliphatic heterocycles. The van der Waals surface area contributed by atoms with Gasteiger partial charge in [-0.1, -0.05) is 35.7 Å². The molecule has 1 aromatic carbocycles. The van der Waals surface area contributed by atoms with E-state index in [1.54, 1.807) is 6.07 Å². The van der Waals surface area contributed by atoms with Gasteiger partial charge >= 0.3 is 0 Å². The Bertz CT molecular complexity index is 415. The van der Waals surface area contributed by atoms with E-state index in [0.29, 0.717) is 6.04 Å². The molecule has 0 saturated heterocycles. The van der Waals surface area contributed by atoms with E-state index in [1.807, 2.05) is 6.07 Å². The maximum atomic E-state index is 13.3. The summed E-state index contributed by atoms with van der Waals surface area (Å²) in [4.78, 5) is 0. The van der Waals surface area contributed by atoms with E-state index in [0.717, 1.165) is 35.3 Å². The average molecular weight is 342 g/mol. The normalized spacial score (nSPS) is 17.6. The first kappa shape index (κ1) is 16.0. The molecule has 1 nitrogen and oxygen atoms in total. The molecular weight excluding hydrogens is 317 g/mol. The van der Waals surface area contributed by atoms with Crippen LogP contribution in [-0.2, 0) is 6.42 Å². The third-order valence-corrected chi connectivity index (χ3v) is 5.13. The molecule has 3 heteroatoms. The minimum absolute atomic E-state index is 0.137. The highest BCUT2D eigenvalue weighted by Crippen LogP contribution is 2.30. The van der Waals surface area contributed by atoms with Crippen LogP contribution in [0.15, 0.2) is 22.7 Å². The van der Waals surface area contributed by atoms with Crippen LogP contribution in [0.2, 0.25) is 0 Å². The van der Waals surface area contributed by atoms with E-state index in [-0.39, 0.29) is 5.82 Å². The highest BCUT2D eigenvalue weighted by atomic mass is 79.9. The third kappa shape index (κ3) is 4.56. The van der Waals surface area contributed by atoms with Crippen LogP contribution >= 0.6 is 15.9 Å². The van der Waals surface area contributed by atoms with Gasteiger partial charge < -0.3 is 5.32 Å². The van der Waals surface area contributed by atoms with Gasteiger partial charge in [0.15, 0.2) is 0 Å². The smallest absolute Gasteiger partial charge is 0.123 e. The highest BCUT2D eigenvalue weighted by molar-refractivity contribution is 9.10. The van der Waals surface area contributed by atoms with Gasteiger partial charge in [0.1, 0.15) is 5.82 Å². The van der Waals surface area contributed by atoms with Crippen LogP contribution in [0.3, 0.4) is 0 Å². The van der Waals surface area contributed by atoms with Crippen LogP contribution in [0.5, 0.6) is 0 Å². The van der Waals surface area contributed by atoms with Crippen LogP contribution in [0.4, 0.5) is 4.39 Å². The van der Waals surface area contributed by atoms with Crippen LogP contribution < -0.4 is 5.32 Å². The molecule has 1 N–H and O–H groups in total. The molecule has 1 atom stereocenters. The van der Waals surface area contributed by atoms with Gasteiger partial charge in [-0.05, 0) is 68.3 Å². The van der Waals surface area contributed by atoms with E-state index < -0.39 is 0 Å². The molecule has 1 fully saturated rings. The number of hydrogen-bond donors (Lipinski definition) is 1. The first-order chi connectivity index (χ1) is 9.70. The standard InChI is InChI=1S/C17H25BrFN/c1-2-11-20-17(13-5-3-4-6-13)10-7-14-12-15(19)8-9-16(14)18/h8-9,12-13,17,20H,2-7,10-11H2,1H3. The van der Waals surface area contributed by atoms with Crippen molar-refractivity contribution in [2.24, 2.45) is 5.92 Å². The quantitative estimate of drug-likeness (QED) is 0.729. The monoisotopic (exact) mass is 341 g/mol.